The van der Waals surface area contributed by atoms with Crippen LogP contribution in [0.3, 0.4) is 0 Å². The van der Waals surface area contributed by atoms with Crippen molar-refractivity contribution < 1.29 is 38.0 Å². The van der Waals surface area contributed by atoms with Crippen molar-refractivity contribution in [2.24, 2.45) is 0 Å². The first kappa shape index (κ1) is 23.3. The largest absolute Gasteiger partial charge is 0.460 e. The van der Waals surface area contributed by atoms with Crippen LogP contribution in [0.2, 0.25) is 0 Å². The maximum atomic E-state index is 11.3. The molecule has 8 heteroatoms. The summed E-state index contributed by atoms with van der Waals surface area (Å²) < 4.78 is 30.7. The van der Waals surface area contributed by atoms with E-state index in [-0.39, 0.29) is 13.2 Å². The summed E-state index contributed by atoms with van der Waals surface area (Å²) in [4.78, 5) is 22.4. The van der Waals surface area contributed by atoms with Gasteiger partial charge in [0.2, 0.25) is 6.29 Å². The van der Waals surface area contributed by atoms with Crippen LogP contribution < -0.4 is 0 Å². The molecule has 8 nitrogen and oxygen atoms in total. The van der Waals surface area contributed by atoms with Crippen molar-refractivity contribution in [3.8, 4) is 0 Å². The highest BCUT2D eigenvalue weighted by Crippen LogP contribution is 2.00. The van der Waals surface area contributed by atoms with Crippen LogP contribution in [0.4, 0.5) is 0 Å². The van der Waals surface area contributed by atoms with Crippen molar-refractivity contribution in [1.29, 1.82) is 0 Å². The second-order valence-corrected chi connectivity index (χ2v) is 5.07. The zero-order valence-electron chi connectivity index (χ0n) is 15.2. The van der Waals surface area contributed by atoms with E-state index < -0.39 is 18.2 Å². The molecule has 0 saturated carbocycles. The van der Waals surface area contributed by atoms with Crippen LogP contribution in [0, 0.1) is 0 Å². The highest BCUT2D eigenvalue weighted by atomic mass is 16.7. The predicted octanol–water partition coefficient (Wildman–Crippen LogP) is 1.25. The van der Waals surface area contributed by atoms with Gasteiger partial charge in [0, 0.05) is 18.3 Å². The Hall–Kier alpha value is -1.74. The number of ether oxygens (including phenoxy) is 6. The molecule has 0 spiro atoms. The van der Waals surface area contributed by atoms with E-state index in [9.17, 15) is 9.59 Å². The van der Waals surface area contributed by atoms with Gasteiger partial charge in [-0.1, -0.05) is 13.2 Å². The maximum absolute atomic E-state index is 11.3. The molecule has 0 bridgehead atoms. The summed E-state index contributed by atoms with van der Waals surface area (Å²) in [6.07, 6.45) is -0.783. The van der Waals surface area contributed by atoms with E-state index >= 15 is 0 Å². The zero-order valence-corrected chi connectivity index (χ0v) is 15.2. The van der Waals surface area contributed by atoms with Gasteiger partial charge in [0.15, 0.2) is 0 Å². The lowest BCUT2D eigenvalue weighted by Crippen LogP contribution is -2.26. The molecule has 0 aromatic carbocycles. The Kier molecular flexibility index (Phi) is 13.6. The molecular weight excluding hydrogens is 332 g/mol. The molecule has 25 heavy (non-hydrogen) atoms. The zero-order chi connectivity index (χ0) is 19.1. The molecule has 144 valence electrons. The van der Waals surface area contributed by atoms with E-state index in [1.54, 1.807) is 13.8 Å². The minimum atomic E-state index is -0.783. The number of hydrogen-bond donors (Lipinski definition) is 0. The molecule has 0 aliphatic carbocycles. The Bertz CT molecular complexity index is 432. The molecule has 0 saturated heterocycles. The second-order valence-electron chi connectivity index (χ2n) is 5.07. The lowest BCUT2D eigenvalue weighted by atomic mass is 10.4. The lowest BCUT2D eigenvalue weighted by Gasteiger charge is -2.16. The monoisotopic (exact) mass is 360 g/mol. The molecular formula is C17H28O8. The number of rotatable bonds is 15. The molecule has 0 aromatic heterocycles. The van der Waals surface area contributed by atoms with Crippen LogP contribution in [0.1, 0.15) is 13.8 Å². The van der Waals surface area contributed by atoms with Crippen molar-refractivity contribution >= 4 is 11.9 Å². The van der Waals surface area contributed by atoms with Crippen molar-refractivity contribution in [3.63, 3.8) is 0 Å². The van der Waals surface area contributed by atoms with E-state index in [0.717, 1.165) is 0 Å². The van der Waals surface area contributed by atoms with Gasteiger partial charge >= 0.3 is 11.9 Å². The highest BCUT2D eigenvalue weighted by molar-refractivity contribution is 5.87. The lowest BCUT2D eigenvalue weighted by molar-refractivity contribution is -0.180. The smallest absolute Gasteiger partial charge is 0.335 e. The molecule has 0 rings (SSSR count). The minimum absolute atomic E-state index is 0.101. The Morgan fingerprint density at radius 1 is 0.800 bits per heavy atom. The number of carbonyl (C=O) groups is 2. The van der Waals surface area contributed by atoms with Crippen molar-refractivity contribution in [3.05, 3.63) is 24.3 Å². The molecule has 0 aliphatic heterocycles. The first-order valence-electron chi connectivity index (χ1n) is 7.83. The molecule has 0 fully saturated rings. The van der Waals surface area contributed by atoms with Crippen LogP contribution in [0.25, 0.3) is 0 Å². The third-order valence-electron chi connectivity index (χ3n) is 2.66. The summed E-state index contributed by atoms with van der Waals surface area (Å²) in [7, 11) is 1.42. The summed E-state index contributed by atoms with van der Waals surface area (Å²) >= 11 is 0. The fraction of sp³-hybridized carbons (Fsp3) is 0.647. The number of methoxy groups -OCH3 is 1. The predicted molar refractivity (Wildman–Crippen MR) is 89.9 cm³/mol. The van der Waals surface area contributed by atoms with E-state index in [4.69, 9.17) is 28.4 Å². The Morgan fingerprint density at radius 2 is 1.28 bits per heavy atom. The molecule has 0 amide bonds. The molecule has 1 atom stereocenters. The van der Waals surface area contributed by atoms with E-state index in [1.165, 1.54) is 7.11 Å². The van der Waals surface area contributed by atoms with Crippen LogP contribution in [-0.4, -0.2) is 71.6 Å². The third kappa shape index (κ3) is 13.2. The fourth-order valence-electron chi connectivity index (χ4n) is 1.31. The SMILES string of the molecule is C=C(C)C(=O)OCCOCCOCCOCC(OC)OC(=O)C(=C)C. The van der Waals surface area contributed by atoms with Crippen LogP contribution >= 0.6 is 0 Å². The van der Waals surface area contributed by atoms with Gasteiger partial charge in [-0.15, -0.1) is 0 Å². The topological polar surface area (TPSA) is 89.5 Å². The summed E-state index contributed by atoms with van der Waals surface area (Å²) in [5, 5.41) is 0. The van der Waals surface area contributed by atoms with E-state index in [1.807, 2.05) is 0 Å². The van der Waals surface area contributed by atoms with Crippen LogP contribution in [0.5, 0.6) is 0 Å². The number of hydrogen-bond acceptors (Lipinski definition) is 8. The summed E-state index contributed by atoms with van der Waals surface area (Å²) in [5.74, 6) is -0.960. The van der Waals surface area contributed by atoms with Gasteiger partial charge in [0.1, 0.15) is 13.2 Å². The van der Waals surface area contributed by atoms with Gasteiger partial charge in [0.05, 0.1) is 33.0 Å². The van der Waals surface area contributed by atoms with Gasteiger partial charge in [-0.2, -0.15) is 0 Å². The molecule has 0 radical (unpaired) electrons. The van der Waals surface area contributed by atoms with Gasteiger partial charge in [0.25, 0.3) is 0 Å². The van der Waals surface area contributed by atoms with Gasteiger partial charge in [-0.3, -0.25) is 0 Å². The summed E-state index contributed by atoms with van der Waals surface area (Å²) in [5.41, 5.74) is 0.646. The van der Waals surface area contributed by atoms with E-state index in [0.29, 0.717) is 44.2 Å². The van der Waals surface area contributed by atoms with E-state index in [2.05, 4.69) is 13.2 Å². The average molecular weight is 360 g/mol. The standard InChI is InChI=1S/C17H28O8/c1-13(2)16(18)24-11-10-22-7-6-21-8-9-23-12-15(20-5)25-17(19)14(3)4/h15H,1,3,6-12H2,2,4-5H3. The first-order chi connectivity index (χ1) is 11.9. The Balaban J connectivity index is 3.46. The Labute approximate surface area is 148 Å². The molecule has 0 N–H and O–H groups in total. The normalized spacial score (nSPS) is 11.6. The quantitative estimate of drug-likeness (QED) is 0.187. The van der Waals surface area contributed by atoms with Crippen molar-refractivity contribution in [2.45, 2.75) is 20.1 Å². The molecule has 0 aromatic rings. The van der Waals surface area contributed by atoms with Crippen molar-refractivity contribution in [1.82, 2.24) is 0 Å². The van der Waals surface area contributed by atoms with Gasteiger partial charge < -0.3 is 28.4 Å². The highest BCUT2D eigenvalue weighted by Gasteiger charge is 2.13. The summed E-state index contributed by atoms with van der Waals surface area (Å²) in [6.45, 7) is 12.1. The number of esters is 2. The molecule has 0 heterocycles. The third-order valence-corrected chi connectivity index (χ3v) is 2.66. The Morgan fingerprint density at radius 3 is 1.76 bits per heavy atom. The number of carbonyl (C=O) groups excluding carboxylic acids is 2. The average Bonchev–Trinajstić information content (AvgIpc) is 2.57. The molecule has 1 unspecified atom stereocenters. The van der Waals surface area contributed by atoms with Gasteiger partial charge in [-0.05, 0) is 13.8 Å². The maximum Gasteiger partial charge on any atom is 0.335 e. The fourth-order valence-corrected chi connectivity index (χ4v) is 1.31. The summed E-state index contributed by atoms with van der Waals surface area (Å²) in [6, 6.07) is 0. The van der Waals surface area contributed by atoms with Crippen LogP contribution in [0.15, 0.2) is 24.3 Å². The first-order valence-corrected chi connectivity index (χ1v) is 7.83. The van der Waals surface area contributed by atoms with Crippen molar-refractivity contribution in [2.75, 3.05) is 53.4 Å². The van der Waals surface area contributed by atoms with Crippen LogP contribution in [-0.2, 0) is 38.0 Å². The minimum Gasteiger partial charge on any atom is -0.460 e. The molecule has 0 aliphatic rings. The second kappa shape index (κ2) is 14.6. The van der Waals surface area contributed by atoms with Gasteiger partial charge in [-0.25, -0.2) is 9.59 Å².